The van der Waals surface area contributed by atoms with Crippen LogP contribution in [0.2, 0.25) is 0 Å². The van der Waals surface area contributed by atoms with E-state index in [-0.39, 0.29) is 36.7 Å². The highest BCUT2D eigenvalue weighted by Crippen LogP contribution is 2.56. The molecule has 6 nitrogen and oxygen atoms in total. The second-order valence-electron chi connectivity index (χ2n) is 7.49. The molecule has 5 rings (SSSR count). The second kappa shape index (κ2) is 4.71. The number of carbonyl (C=O) groups excluding carboxylic acids is 3. The number of carbonyl (C=O) groups is 3. The van der Waals surface area contributed by atoms with Crippen molar-refractivity contribution in [3.05, 3.63) is 23.8 Å². The SMILES string of the molecule is C=C(C)[C@H]1C[C@@]23CCCN2C(=O)[C@@]1(CC1=CCOC1=O)N(C)C3=O. The Morgan fingerprint density at radius 3 is 2.75 bits per heavy atom. The van der Waals surface area contributed by atoms with Gasteiger partial charge >= 0.3 is 5.97 Å². The van der Waals surface area contributed by atoms with Crippen LogP contribution >= 0.6 is 0 Å². The fraction of sp³-hybridized carbons (Fsp3) is 0.611. The number of hydrogen-bond acceptors (Lipinski definition) is 4. The number of cyclic esters (lactones) is 1. The highest BCUT2D eigenvalue weighted by Gasteiger charge is 2.71. The van der Waals surface area contributed by atoms with E-state index in [9.17, 15) is 14.4 Å². The molecule has 0 aromatic heterocycles. The molecule has 0 saturated carbocycles. The number of hydrogen-bond donors (Lipinski definition) is 0. The average molecular weight is 330 g/mol. The van der Waals surface area contributed by atoms with Gasteiger partial charge in [-0.1, -0.05) is 12.2 Å². The largest absolute Gasteiger partial charge is 0.458 e. The van der Waals surface area contributed by atoms with Crippen LogP contribution in [-0.4, -0.2) is 58.9 Å². The van der Waals surface area contributed by atoms with Gasteiger partial charge in [-0.2, -0.15) is 0 Å². The van der Waals surface area contributed by atoms with E-state index in [1.807, 2.05) is 6.92 Å². The van der Waals surface area contributed by atoms with E-state index in [0.717, 1.165) is 12.0 Å². The smallest absolute Gasteiger partial charge is 0.334 e. The summed E-state index contributed by atoms with van der Waals surface area (Å²) in [5, 5.41) is 0. The van der Waals surface area contributed by atoms with Gasteiger partial charge in [-0.05, 0) is 32.3 Å². The fourth-order valence-electron chi connectivity index (χ4n) is 5.18. The predicted octanol–water partition coefficient (Wildman–Crippen LogP) is 1.03. The van der Waals surface area contributed by atoms with Crippen molar-refractivity contribution in [1.82, 2.24) is 9.80 Å². The first-order chi connectivity index (χ1) is 11.3. The van der Waals surface area contributed by atoms with E-state index in [2.05, 4.69) is 6.58 Å². The Morgan fingerprint density at radius 2 is 2.12 bits per heavy atom. The number of nitrogens with zero attached hydrogens (tertiary/aromatic N) is 2. The van der Waals surface area contributed by atoms with Gasteiger partial charge < -0.3 is 14.5 Å². The van der Waals surface area contributed by atoms with Gasteiger partial charge in [0.25, 0.3) is 0 Å². The molecule has 0 aromatic rings. The van der Waals surface area contributed by atoms with Gasteiger partial charge in [0.05, 0.1) is 0 Å². The van der Waals surface area contributed by atoms with Crippen molar-refractivity contribution in [2.24, 2.45) is 5.92 Å². The molecule has 2 bridgehead atoms. The third-order valence-electron chi connectivity index (χ3n) is 6.38. The van der Waals surface area contributed by atoms with E-state index in [0.29, 0.717) is 25.0 Å². The van der Waals surface area contributed by atoms with Crippen LogP contribution in [-0.2, 0) is 19.1 Å². The van der Waals surface area contributed by atoms with Gasteiger partial charge in [0.1, 0.15) is 17.7 Å². The maximum Gasteiger partial charge on any atom is 0.334 e. The molecule has 4 saturated heterocycles. The quantitative estimate of drug-likeness (QED) is 0.572. The Labute approximate surface area is 141 Å². The summed E-state index contributed by atoms with van der Waals surface area (Å²) >= 11 is 0. The molecule has 0 radical (unpaired) electrons. The molecule has 1 spiro atoms. The lowest BCUT2D eigenvalue weighted by Crippen LogP contribution is -2.81. The van der Waals surface area contributed by atoms with E-state index in [4.69, 9.17) is 4.74 Å². The first kappa shape index (κ1) is 15.4. The van der Waals surface area contributed by atoms with Crippen LogP contribution in [0.15, 0.2) is 23.8 Å². The van der Waals surface area contributed by atoms with E-state index in [1.165, 1.54) is 0 Å². The minimum Gasteiger partial charge on any atom is -0.458 e. The lowest BCUT2D eigenvalue weighted by Gasteiger charge is -2.63. The fourth-order valence-corrected chi connectivity index (χ4v) is 5.18. The lowest BCUT2D eigenvalue weighted by molar-refractivity contribution is -0.192. The van der Waals surface area contributed by atoms with Gasteiger partial charge in [0.2, 0.25) is 11.8 Å². The van der Waals surface area contributed by atoms with Crippen LogP contribution < -0.4 is 0 Å². The standard InChI is InChI=1S/C18H22N2O4/c1-11(2)13-10-17-6-4-7-20(17)16(23)18(13,19(3)15(17)22)9-12-5-8-24-14(12)21/h5,13H,1,4,6-10H2,2-3H3/t13-,17-,18+/m1/s1. The highest BCUT2D eigenvalue weighted by atomic mass is 16.5. The van der Waals surface area contributed by atoms with Crippen LogP contribution in [0.25, 0.3) is 0 Å². The molecule has 5 aliphatic heterocycles. The summed E-state index contributed by atoms with van der Waals surface area (Å²) in [6.45, 7) is 6.86. The summed E-state index contributed by atoms with van der Waals surface area (Å²) in [6, 6.07) is 0. The maximum absolute atomic E-state index is 13.5. The van der Waals surface area contributed by atoms with Crippen molar-refractivity contribution in [2.45, 2.75) is 43.7 Å². The van der Waals surface area contributed by atoms with Crippen LogP contribution in [0.1, 0.15) is 32.6 Å². The van der Waals surface area contributed by atoms with Gasteiger partial charge in [-0.15, -0.1) is 0 Å². The minimum atomic E-state index is -1.05. The molecule has 6 heteroatoms. The van der Waals surface area contributed by atoms with E-state index < -0.39 is 11.1 Å². The second-order valence-corrected chi connectivity index (χ2v) is 7.49. The zero-order valence-electron chi connectivity index (χ0n) is 14.1. The molecule has 5 aliphatic rings. The summed E-state index contributed by atoms with van der Waals surface area (Å²) in [5.74, 6) is -0.565. The maximum atomic E-state index is 13.5. The average Bonchev–Trinajstić information content (AvgIpc) is 3.14. The number of piperidine rings is 2. The first-order valence-corrected chi connectivity index (χ1v) is 8.46. The normalized spacial score (nSPS) is 37.7. The first-order valence-electron chi connectivity index (χ1n) is 8.46. The van der Waals surface area contributed by atoms with E-state index in [1.54, 1.807) is 22.9 Å². The van der Waals surface area contributed by atoms with E-state index >= 15 is 0 Å². The number of ether oxygens (including phenoxy) is 1. The van der Waals surface area contributed by atoms with Gasteiger partial charge in [-0.25, -0.2) is 4.79 Å². The van der Waals surface area contributed by atoms with Gasteiger partial charge in [0.15, 0.2) is 0 Å². The molecule has 3 atom stereocenters. The molecule has 5 heterocycles. The summed E-state index contributed by atoms with van der Waals surface area (Å²) in [7, 11) is 1.70. The van der Waals surface area contributed by atoms with Crippen molar-refractivity contribution < 1.29 is 19.1 Å². The van der Waals surface area contributed by atoms with Gasteiger partial charge in [0, 0.05) is 31.5 Å². The molecule has 0 aliphatic carbocycles. The van der Waals surface area contributed by atoms with Crippen molar-refractivity contribution in [2.75, 3.05) is 20.2 Å². The number of esters is 1. The predicted molar refractivity (Wildman–Crippen MR) is 85.8 cm³/mol. The lowest BCUT2D eigenvalue weighted by atomic mass is 9.60. The Bertz CT molecular complexity index is 712. The molecule has 0 aromatic carbocycles. The molecule has 128 valence electrons. The zero-order valence-corrected chi connectivity index (χ0v) is 14.1. The topological polar surface area (TPSA) is 66.9 Å². The number of likely N-dealkylation sites (N-methyl/N-ethyl adjacent to an activating group) is 1. The van der Waals surface area contributed by atoms with Crippen LogP contribution in [0.4, 0.5) is 0 Å². The Morgan fingerprint density at radius 1 is 1.38 bits per heavy atom. The van der Waals surface area contributed by atoms with Crippen LogP contribution in [0, 0.1) is 5.92 Å². The molecular weight excluding hydrogens is 308 g/mol. The van der Waals surface area contributed by atoms with Gasteiger partial charge in [-0.3, -0.25) is 9.59 Å². The number of amides is 2. The van der Waals surface area contributed by atoms with Crippen LogP contribution in [0.3, 0.4) is 0 Å². The van der Waals surface area contributed by atoms with Crippen molar-refractivity contribution in [3.63, 3.8) is 0 Å². The Balaban J connectivity index is 1.86. The number of rotatable bonds is 3. The highest BCUT2D eigenvalue weighted by molar-refractivity contribution is 6.06. The zero-order chi connectivity index (χ0) is 17.3. The molecule has 24 heavy (non-hydrogen) atoms. The Kier molecular flexibility index (Phi) is 3.03. The monoisotopic (exact) mass is 330 g/mol. The summed E-state index contributed by atoms with van der Waals surface area (Å²) in [5.41, 5.74) is -0.380. The third-order valence-corrected chi connectivity index (χ3v) is 6.38. The number of piperazine rings is 1. The molecule has 0 unspecified atom stereocenters. The summed E-state index contributed by atoms with van der Waals surface area (Å²) in [4.78, 5) is 41.9. The van der Waals surface area contributed by atoms with Crippen LogP contribution in [0.5, 0.6) is 0 Å². The molecule has 2 amide bonds. The Hall–Kier alpha value is -2.11. The minimum absolute atomic E-state index is 0.00376. The third kappa shape index (κ3) is 1.59. The molecule has 4 fully saturated rings. The van der Waals surface area contributed by atoms with Crippen molar-refractivity contribution >= 4 is 17.8 Å². The van der Waals surface area contributed by atoms with Crippen molar-refractivity contribution in [1.29, 1.82) is 0 Å². The van der Waals surface area contributed by atoms with Crippen molar-refractivity contribution in [3.8, 4) is 0 Å². The molecular formula is C18H22N2O4. The molecule has 0 N–H and O–H groups in total. The summed E-state index contributed by atoms with van der Waals surface area (Å²) in [6.07, 6.45) is 4.09. The number of fused-ring (bicyclic) bond motifs is 2. The summed E-state index contributed by atoms with van der Waals surface area (Å²) < 4.78 is 5.01.